The average Bonchev–Trinajstić information content (AvgIpc) is 3.40. The Morgan fingerprint density at radius 1 is 0.914 bits per heavy atom. The van der Waals surface area contributed by atoms with Crippen LogP contribution in [0.4, 0.5) is 11.4 Å². The minimum Gasteiger partial charge on any atom is -0.452 e. The van der Waals surface area contributed by atoms with Crippen LogP contribution in [0, 0.1) is 13.8 Å². The quantitative estimate of drug-likeness (QED) is 0.581. The standard InChI is InChI=1S/C26H33N3O5S/c1-19-8-9-20(2)23(16-19)27-25(30)18-34-26(31)22-17-21(10-11-24(22)28-12-6-7-13-28)35(32,33)29-14-4-3-5-15-29/h8-11,16-17H,3-7,12-15,18H2,1-2H3,(H,27,30). The number of rotatable bonds is 7. The largest absolute Gasteiger partial charge is 0.452 e. The lowest BCUT2D eigenvalue weighted by Gasteiger charge is -2.27. The van der Waals surface area contributed by atoms with Gasteiger partial charge in [-0.1, -0.05) is 18.6 Å². The van der Waals surface area contributed by atoms with Gasteiger partial charge in [0.1, 0.15) is 0 Å². The summed E-state index contributed by atoms with van der Waals surface area (Å²) in [6, 6.07) is 10.4. The summed E-state index contributed by atoms with van der Waals surface area (Å²) >= 11 is 0. The molecule has 8 nitrogen and oxygen atoms in total. The summed E-state index contributed by atoms with van der Waals surface area (Å²) in [5.41, 5.74) is 3.38. The van der Waals surface area contributed by atoms with Crippen LogP contribution in [0.2, 0.25) is 0 Å². The van der Waals surface area contributed by atoms with Crippen LogP contribution in [-0.2, 0) is 19.6 Å². The Labute approximate surface area is 207 Å². The van der Waals surface area contributed by atoms with E-state index in [1.807, 2.05) is 32.0 Å². The normalized spacial score (nSPS) is 16.8. The Morgan fingerprint density at radius 2 is 1.60 bits per heavy atom. The molecular formula is C26H33N3O5S. The van der Waals surface area contributed by atoms with Crippen molar-refractivity contribution in [2.24, 2.45) is 0 Å². The number of anilines is 2. The molecule has 0 bridgehead atoms. The van der Waals surface area contributed by atoms with E-state index in [2.05, 4.69) is 10.2 Å². The molecule has 0 aliphatic carbocycles. The van der Waals surface area contributed by atoms with Gasteiger partial charge in [-0.3, -0.25) is 4.79 Å². The molecule has 0 saturated carbocycles. The lowest BCUT2D eigenvalue weighted by Crippen LogP contribution is -2.35. The number of piperidine rings is 1. The maximum absolute atomic E-state index is 13.2. The highest BCUT2D eigenvalue weighted by Crippen LogP contribution is 2.30. The highest BCUT2D eigenvalue weighted by Gasteiger charge is 2.29. The summed E-state index contributed by atoms with van der Waals surface area (Å²) in [4.78, 5) is 27.7. The zero-order valence-electron chi connectivity index (χ0n) is 20.4. The second-order valence-electron chi connectivity index (χ2n) is 9.28. The third kappa shape index (κ3) is 5.85. The molecule has 2 aromatic carbocycles. The van der Waals surface area contributed by atoms with E-state index in [0.717, 1.165) is 56.3 Å². The molecule has 2 aliphatic heterocycles. The molecule has 0 radical (unpaired) electrons. The number of amides is 1. The number of hydrogen-bond acceptors (Lipinski definition) is 6. The van der Waals surface area contributed by atoms with Gasteiger partial charge in [-0.2, -0.15) is 4.31 Å². The minimum absolute atomic E-state index is 0.0779. The van der Waals surface area contributed by atoms with Gasteiger partial charge >= 0.3 is 5.97 Å². The summed E-state index contributed by atoms with van der Waals surface area (Å²) in [6.07, 6.45) is 4.67. The summed E-state index contributed by atoms with van der Waals surface area (Å²) in [6.45, 7) is 5.88. The van der Waals surface area contributed by atoms with E-state index < -0.39 is 28.5 Å². The van der Waals surface area contributed by atoms with Crippen molar-refractivity contribution in [3.05, 3.63) is 53.1 Å². The van der Waals surface area contributed by atoms with Crippen LogP contribution >= 0.6 is 0 Å². The number of benzene rings is 2. The first-order chi connectivity index (χ1) is 16.8. The van der Waals surface area contributed by atoms with Crippen molar-refractivity contribution in [3.63, 3.8) is 0 Å². The van der Waals surface area contributed by atoms with E-state index in [-0.39, 0.29) is 10.5 Å². The molecule has 0 aromatic heterocycles. The highest BCUT2D eigenvalue weighted by atomic mass is 32.2. The molecule has 2 heterocycles. The lowest BCUT2D eigenvalue weighted by atomic mass is 10.1. The molecule has 35 heavy (non-hydrogen) atoms. The first-order valence-electron chi connectivity index (χ1n) is 12.2. The van der Waals surface area contributed by atoms with E-state index in [0.29, 0.717) is 24.5 Å². The van der Waals surface area contributed by atoms with Gasteiger partial charge in [0, 0.05) is 31.9 Å². The predicted octanol–water partition coefficient (Wildman–Crippen LogP) is 3.87. The van der Waals surface area contributed by atoms with Crippen molar-refractivity contribution >= 4 is 33.3 Å². The highest BCUT2D eigenvalue weighted by molar-refractivity contribution is 7.89. The second kappa shape index (κ2) is 10.8. The van der Waals surface area contributed by atoms with Gasteiger partial charge < -0.3 is 15.0 Å². The minimum atomic E-state index is -3.71. The number of aryl methyl sites for hydroxylation is 2. The number of carbonyl (C=O) groups is 2. The molecule has 1 N–H and O–H groups in total. The number of carbonyl (C=O) groups excluding carboxylic acids is 2. The molecule has 0 atom stereocenters. The summed E-state index contributed by atoms with van der Waals surface area (Å²) < 4.78 is 33.3. The van der Waals surface area contributed by atoms with Gasteiger partial charge in [0.15, 0.2) is 6.61 Å². The number of nitrogens with one attached hydrogen (secondary N) is 1. The predicted molar refractivity (Wildman–Crippen MR) is 135 cm³/mol. The van der Waals surface area contributed by atoms with Crippen molar-refractivity contribution < 1.29 is 22.7 Å². The maximum atomic E-state index is 13.2. The lowest BCUT2D eigenvalue weighted by molar-refractivity contribution is -0.119. The monoisotopic (exact) mass is 499 g/mol. The molecule has 2 fully saturated rings. The number of ether oxygens (including phenoxy) is 1. The smallest absolute Gasteiger partial charge is 0.340 e. The topological polar surface area (TPSA) is 96.0 Å². The number of esters is 1. The molecule has 1 amide bonds. The van der Waals surface area contributed by atoms with Gasteiger partial charge in [0.05, 0.1) is 16.1 Å². The molecule has 2 saturated heterocycles. The SMILES string of the molecule is Cc1ccc(C)c(NC(=O)COC(=O)c2cc(S(=O)(=O)N3CCCCC3)ccc2N2CCCC2)c1. The fourth-order valence-corrected chi connectivity index (χ4v) is 6.14. The van der Waals surface area contributed by atoms with Crippen LogP contribution in [0.5, 0.6) is 0 Å². The van der Waals surface area contributed by atoms with E-state index in [4.69, 9.17) is 4.74 Å². The Morgan fingerprint density at radius 3 is 2.31 bits per heavy atom. The van der Waals surface area contributed by atoms with Gasteiger partial charge in [0.2, 0.25) is 10.0 Å². The van der Waals surface area contributed by atoms with E-state index >= 15 is 0 Å². The average molecular weight is 500 g/mol. The van der Waals surface area contributed by atoms with Crippen molar-refractivity contribution in [2.75, 3.05) is 43.0 Å². The van der Waals surface area contributed by atoms with E-state index in [9.17, 15) is 18.0 Å². The Kier molecular flexibility index (Phi) is 7.76. The van der Waals surface area contributed by atoms with Gasteiger partial charge in [0.25, 0.3) is 5.91 Å². The Hall–Kier alpha value is -2.91. The zero-order valence-corrected chi connectivity index (χ0v) is 21.2. The first kappa shape index (κ1) is 25.2. The zero-order chi connectivity index (χ0) is 25.0. The second-order valence-corrected chi connectivity index (χ2v) is 11.2. The molecule has 2 aliphatic rings. The molecule has 0 unspecified atom stereocenters. The van der Waals surface area contributed by atoms with Gasteiger partial charge in [-0.05, 0) is 74.9 Å². The third-order valence-corrected chi connectivity index (χ3v) is 8.48. The van der Waals surface area contributed by atoms with E-state index in [1.165, 1.54) is 10.4 Å². The van der Waals surface area contributed by atoms with Gasteiger partial charge in [-0.15, -0.1) is 0 Å². The van der Waals surface area contributed by atoms with Crippen LogP contribution in [0.1, 0.15) is 53.6 Å². The van der Waals surface area contributed by atoms with Crippen molar-refractivity contribution in [2.45, 2.75) is 50.8 Å². The molecule has 0 spiro atoms. The van der Waals surface area contributed by atoms with Crippen molar-refractivity contribution in [1.82, 2.24) is 4.31 Å². The molecular weight excluding hydrogens is 466 g/mol. The number of nitrogens with zero attached hydrogens (tertiary/aromatic N) is 2. The molecule has 2 aromatic rings. The third-order valence-electron chi connectivity index (χ3n) is 6.59. The maximum Gasteiger partial charge on any atom is 0.340 e. The first-order valence-corrected chi connectivity index (χ1v) is 13.6. The Bertz CT molecular complexity index is 1200. The number of hydrogen-bond donors (Lipinski definition) is 1. The van der Waals surface area contributed by atoms with Crippen LogP contribution in [0.15, 0.2) is 41.3 Å². The van der Waals surface area contributed by atoms with Crippen molar-refractivity contribution in [3.8, 4) is 0 Å². The molecule has 188 valence electrons. The number of sulfonamides is 1. The fourth-order valence-electron chi connectivity index (χ4n) is 4.59. The van der Waals surface area contributed by atoms with Crippen LogP contribution in [0.3, 0.4) is 0 Å². The van der Waals surface area contributed by atoms with Gasteiger partial charge in [-0.25, -0.2) is 13.2 Å². The Balaban J connectivity index is 1.53. The van der Waals surface area contributed by atoms with Crippen LogP contribution in [-0.4, -0.2) is 57.4 Å². The fraction of sp³-hybridized carbons (Fsp3) is 0.462. The van der Waals surface area contributed by atoms with E-state index in [1.54, 1.807) is 12.1 Å². The van der Waals surface area contributed by atoms with Crippen LogP contribution in [0.25, 0.3) is 0 Å². The summed E-state index contributed by atoms with van der Waals surface area (Å²) in [5.74, 6) is -1.16. The van der Waals surface area contributed by atoms with Crippen molar-refractivity contribution in [1.29, 1.82) is 0 Å². The molecule has 4 rings (SSSR count). The summed E-state index contributed by atoms with van der Waals surface area (Å²) in [7, 11) is -3.71. The van der Waals surface area contributed by atoms with Crippen LogP contribution < -0.4 is 10.2 Å². The summed E-state index contributed by atoms with van der Waals surface area (Å²) in [5, 5.41) is 2.78. The molecule has 9 heteroatoms.